The Balaban J connectivity index is 4.84. The van der Waals surface area contributed by atoms with Crippen molar-refractivity contribution >= 4 is 12.0 Å². The van der Waals surface area contributed by atoms with Crippen molar-refractivity contribution in [2.45, 2.75) is 51.8 Å². The van der Waals surface area contributed by atoms with Gasteiger partial charge in [0.2, 0.25) is 0 Å². The van der Waals surface area contributed by atoms with Crippen molar-refractivity contribution in [2.75, 3.05) is 13.2 Å². The quantitative estimate of drug-likeness (QED) is 0.499. The standard InChI is InChI=1S/C12H24N2O5/c1-4-9(5-2)14(6-7-15)12(19)13-10(8(3)16)11(17)18/h8-10,15-16H,4-7H2,1-3H3,(H,13,19)(H,17,18). The maximum absolute atomic E-state index is 12.0. The number of hydrogen-bond donors (Lipinski definition) is 4. The molecule has 0 radical (unpaired) electrons. The lowest BCUT2D eigenvalue weighted by Crippen LogP contribution is -2.55. The summed E-state index contributed by atoms with van der Waals surface area (Å²) in [7, 11) is 0. The van der Waals surface area contributed by atoms with Gasteiger partial charge in [0.1, 0.15) is 0 Å². The maximum atomic E-state index is 12.0. The van der Waals surface area contributed by atoms with Crippen LogP contribution in [0.15, 0.2) is 0 Å². The van der Waals surface area contributed by atoms with Crippen LogP contribution in [0.2, 0.25) is 0 Å². The summed E-state index contributed by atoms with van der Waals surface area (Å²) < 4.78 is 0. The summed E-state index contributed by atoms with van der Waals surface area (Å²) in [5, 5.41) is 29.5. The van der Waals surface area contributed by atoms with Gasteiger partial charge in [0.25, 0.3) is 0 Å². The van der Waals surface area contributed by atoms with Crippen LogP contribution >= 0.6 is 0 Å². The molecule has 2 unspecified atom stereocenters. The van der Waals surface area contributed by atoms with Gasteiger partial charge in [-0.1, -0.05) is 13.8 Å². The largest absolute Gasteiger partial charge is 0.480 e. The van der Waals surface area contributed by atoms with Crippen LogP contribution in [-0.4, -0.2) is 63.6 Å². The van der Waals surface area contributed by atoms with Gasteiger partial charge in [0.05, 0.1) is 12.7 Å². The van der Waals surface area contributed by atoms with Gasteiger partial charge < -0.3 is 25.5 Å². The van der Waals surface area contributed by atoms with E-state index in [2.05, 4.69) is 5.32 Å². The second-order valence-corrected chi connectivity index (χ2v) is 4.39. The molecule has 112 valence electrons. The first-order valence-electron chi connectivity index (χ1n) is 6.47. The average molecular weight is 276 g/mol. The number of nitrogens with one attached hydrogen (secondary N) is 1. The predicted molar refractivity (Wildman–Crippen MR) is 69.8 cm³/mol. The zero-order valence-corrected chi connectivity index (χ0v) is 11.7. The Morgan fingerprint density at radius 3 is 2.11 bits per heavy atom. The Hall–Kier alpha value is -1.34. The summed E-state index contributed by atoms with van der Waals surface area (Å²) in [6.45, 7) is 5.05. The normalized spacial score (nSPS) is 14.0. The van der Waals surface area contributed by atoms with E-state index in [1.165, 1.54) is 11.8 Å². The Morgan fingerprint density at radius 1 is 1.26 bits per heavy atom. The molecular formula is C12H24N2O5. The second kappa shape index (κ2) is 8.71. The topological polar surface area (TPSA) is 110 Å². The molecule has 19 heavy (non-hydrogen) atoms. The summed E-state index contributed by atoms with van der Waals surface area (Å²) in [5.41, 5.74) is 0. The monoisotopic (exact) mass is 276 g/mol. The molecule has 0 bridgehead atoms. The molecule has 0 saturated heterocycles. The third-order valence-corrected chi connectivity index (χ3v) is 3.01. The Morgan fingerprint density at radius 2 is 1.79 bits per heavy atom. The van der Waals surface area contributed by atoms with Gasteiger partial charge in [-0.2, -0.15) is 0 Å². The van der Waals surface area contributed by atoms with E-state index in [-0.39, 0.29) is 19.2 Å². The molecule has 0 aliphatic rings. The van der Waals surface area contributed by atoms with E-state index in [0.717, 1.165) is 0 Å². The van der Waals surface area contributed by atoms with Gasteiger partial charge in [-0.25, -0.2) is 9.59 Å². The van der Waals surface area contributed by atoms with Crippen LogP contribution in [0.5, 0.6) is 0 Å². The molecule has 0 heterocycles. The fourth-order valence-corrected chi connectivity index (χ4v) is 1.89. The number of amides is 2. The molecule has 7 heteroatoms. The van der Waals surface area contributed by atoms with Gasteiger partial charge in [0.15, 0.2) is 6.04 Å². The number of carbonyl (C=O) groups excluding carboxylic acids is 1. The Labute approximate surface area is 113 Å². The number of carboxylic acid groups (broad SMARTS) is 1. The number of carbonyl (C=O) groups is 2. The minimum absolute atomic E-state index is 0.0735. The highest BCUT2D eigenvalue weighted by Gasteiger charge is 2.29. The number of nitrogens with zero attached hydrogens (tertiary/aromatic N) is 1. The van der Waals surface area contributed by atoms with Crippen LogP contribution in [0.25, 0.3) is 0 Å². The van der Waals surface area contributed by atoms with Gasteiger partial charge in [-0.05, 0) is 19.8 Å². The van der Waals surface area contributed by atoms with Gasteiger partial charge in [-0.3, -0.25) is 0 Å². The van der Waals surface area contributed by atoms with Gasteiger partial charge >= 0.3 is 12.0 Å². The number of rotatable bonds is 8. The summed E-state index contributed by atoms with van der Waals surface area (Å²) in [6, 6.07) is -2.02. The minimum atomic E-state index is -1.36. The summed E-state index contributed by atoms with van der Waals surface area (Å²) >= 11 is 0. The van der Waals surface area contributed by atoms with Gasteiger partial charge in [-0.15, -0.1) is 0 Å². The van der Waals surface area contributed by atoms with Crippen molar-refractivity contribution in [3.8, 4) is 0 Å². The number of hydrogen-bond acceptors (Lipinski definition) is 4. The molecule has 4 N–H and O–H groups in total. The van der Waals surface area contributed by atoms with Crippen molar-refractivity contribution < 1.29 is 24.9 Å². The lowest BCUT2D eigenvalue weighted by Gasteiger charge is -2.31. The Kier molecular flexibility index (Phi) is 8.09. The highest BCUT2D eigenvalue weighted by Crippen LogP contribution is 2.09. The number of urea groups is 1. The number of aliphatic carboxylic acids is 1. The summed E-state index contributed by atoms with van der Waals surface area (Å²) in [4.78, 5) is 24.4. The zero-order valence-electron chi connectivity index (χ0n) is 11.7. The highest BCUT2D eigenvalue weighted by atomic mass is 16.4. The van der Waals surface area contributed by atoms with E-state index in [4.69, 9.17) is 10.2 Å². The molecule has 0 saturated carbocycles. The molecule has 2 atom stereocenters. The molecule has 0 aromatic carbocycles. The third kappa shape index (κ3) is 5.44. The SMILES string of the molecule is CCC(CC)N(CCO)C(=O)NC(C(=O)O)C(C)O. The van der Waals surface area contributed by atoms with Crippen molar-refractivity contribution in [1.82, 2.24) is 10.2 Å². The molecular weight excluding hydrogens is 252 g/mol. The molecule has 0 aliphatic heterocycles. The summed E-state index contributed by atoms with van der Waals surface area (Å²) in [6.07, 6.45) is 0.214. The highest BCUT2D eigenvalue weighted by molar-refractivity contribution is 5.83. The Bertz CT molecular complexity index is 292. The van der Waals surface area contributed by atoms with Crippen molar-refractivity contribution in [2.24, 2.45) is 0 Å². The van der Waals surface area contributed by atoms with Crippen molar-refractivity contribution in [3.63, 3.8) is 0 Å². The van der Waals surface area contributed by atoms with E-state index in [1.54, 1.807) is 0 Å². The molecule has 0 aliphatic carbocycles. The van der Waals surface area contributed by atoms with Gasteiger partial charge in [0, 0.05) is 12.6 Å². The predicted octanol–water partition coefficient (Wildman–Crippen LogP) is 0.0129. The third-order valence-electron chi connectivity index (χ3n) is 3.01. The van der Waals surface area contributed by atoms with E-state index < -0.39 is 24.1 Å². The van der Waals surface area contributed by atoms with Crippen LogP contribution in [0, 0.1) is 0 Å². The average Bonchev–Trinajstić information content (AvgIpc) is 2.35. The molecule has 0 rings (SSSR count). The maximum Gasteiger partial charge on any atom is 0.328 e. The van der Waals surface area contributed by atoms with E-state index in [0.29, 0.717) is 12.8 Å². The van der Waals surface area contributed by atoms with E-state index >= 15 is 0 Å². The van der Waals surface area contributed by atoms with Crippen LogP contribution in [0.1, 0.15) is 33.6 Å². The molecule has 7 nitrogen and oxygen atoms in total. The van der Waals surface area contributed by atoms with Crippen LogP contribution in [-0.2, 0) is 4.79 Å². The lowest BCUT2D eigenvalue weighted by atomic mass is 10.1. The first kappa shape index (κ1) is 17.7. The molecule has 0 aromatic rings. The first-order valence-corrected chi connectivity index (χ1v) is 6.47. The smallest absolute Gasteiger partial charge is 0.328 e. The van der Waals surface area contributed by atoms with Crippen LogP contribution < -0.4 is 5.32 Å². The molecule has 0 spiro atoms. The molecule has 0 fully saturated rings. The molecule has 2 amide bonds. The summed E-state index contributed by atoms with van der Waals surface area (Å²) in [5.74, 6) is -1.29. The van der Waals surface area contributed by atoms with Crippen molar-refractivity contribution in [3.05, 3.63) is 0 Å². The van der Waals surface area contributed by atoms with E-state index in [1.807, 2.05) is 13.8 Å². The van der Waals surface area contributed by atoms with E-state index in [9.17, 15) is 14.7 Å². The molecule has 0 aromatic heterocycles. The van der Waals surface area contributed by atoms with Crippen molar-refractivity contribution in [1.29, 1.82) is 0 Å². The minimum Gasteiger partial charge on any atom is -0.480 e. The fraction of sp³-hybridized carbons (Fsp3) is 0.833. The second-order valence-electron chi connectivity index (χ2n) is 4.39. The van der Waals surface area contributed by atoms with Crippen LogP contribution in [0.4, 0.5) is 4.79 Å². The number of aliphatic hydroxyl groups is 2. The fourth-order valence-electron chi connectivity index (χ4n) is 1.89. The zero-order chi connectivity index (χ0) is 15.0. The first-order chi connectivity index (χ1) is 8.88. The number of carboxylic acids is 1. The number of aliphatic hydroxyl groups excluding tert-OH is 2. The lowest BCUT2D eigenvalue weighted by molar-refractivity contribution is -0.141. The van der Waals surface area contributed by atoms with Crippen LogP contribution in [0.3, 0.4) is 0 Å².